The normalized spacial score (nSPS) is 13.0. The summed E-state index contributed by atoms with van der Waals surface area (Å²) in [7, 11) is 0. The van der Waals surface area contributed by atoms with Crippen LogP contribution in [0.1, 0.15) is 53.9 Å². The standard InChI is InChI=1S/C13H24O4/c1-10(8-9-16-11(2)14)6-7-12(15)17-13(3,4)5/h10H,6-9H2,1-5H3. The lowest BCUT2D eigenvalue weighted by Crippen LogP contribution is -2.24. The van der Waals surface area contributed by atoms with Crippen molar-refractivity contribution in [2.45, 2.75) is 59.5 Å². The van der Waals surface area contributed by atoms with Gasteiger partial charge in [-0.3, -0.25) is 9.59 Å². The summed E-state index contributed by atoms with van der Waals surface area (Å²) in [5.41, 5.74) is -0.419. The fourth-order valence-corrected chi connectivity index (χ4v) is 1.30. The smallest absolute Gasteiger partial charge is 0.306 e. The van der Waals surface area contributed by atoms with Crippen LogP contribution in [0.3, 0.4) is 0 Å². The molecule has 0 bridgehead atoms. The third-order valence-corrected chi connectivity index (χ3v) is 2.18. The van der Waals surface area contributed by atoms with Gasteiger partial charge in [-0.15, -0.1) is 0 Å². The first-order valence-electron chi connectivity index (χ1n) is 6.06. The van der Waals surface area contributed by atoms with E-state index in [2.05, 4.69) is 0 Å². The third-order valence-electron chi connectivity index (χ3n) is 2.18. The summed E-state index contributed by atoms with van der Waals surface area (Å²) < 4.78 is 10.1. The molecule has 4 heteroatoms. The van der Waals surface area contributed by atoms with Gasteiger partial charge < -0.3 is 9.47 Å². The van der Waals surface area contributed by atoms with Crippen LogP contribution < -0.4 is 0 Å². The molecule has 0 saturated carbocycles. The van der Waals surface area contributed by atoms with E-state index in [1.807, 2.05) is 27.7 Å². The molecule has 0 aromatic heterocycles. The van der Waals surface area contributed by atoms with Crippen molar-refractivity contribution in [3.63, 3.8) is 0 Å². The van der Waals surface area contributed by atoms with E-state index in [0.717, 1.165) is 12.8 Å². The zero-order valence-corrected chi connectivity index (χ0v) is 11.5. The highest BCUT2D eigenvalue weighted by atomic mass is 16.6. The predicted molar refractivity (Wildman–Crippen MR) is 65.5 cm³/mol. The first-order valence-corrected chi connectivity index (χ1v) is 6.06. The van der Waals surface area contributed by atoms with Crippen molar-refractivity contribution in [2.75, 3.05) is 6.61 Å². The Morgan fingerprint density at radius 1 is 1.18 bits per heavy atom. The second kappa shape index (κ2) is 7.30. The molecular weight excluding hydrogens is 220 g/mol. The highest BCUT2D eigenvalue weighted by Gasteiger charge is 2.16. The summed E-state index contributed by atoms with van der Waals surface area (Å²) in [5.74, 6) is -0.0805. The van der Waals surface area contributed by atoms with Gasteiger partial charge in [-0.05, 0) is 39.5 Å². The monoisotopic (exact) mass is 244 g/mol. The largest absolute Gasteiger partial charge is 0.466 e. The molecule has 4 nitrogen and oxygen atoms in total. The maximum atomic E-state index is 11.4. The lowest BCUT2D eigenvalue weighted by atomic mass is 10.0. The second-order valence-electron chi connectivity index (χ2n) is 5.36. The van der Waals surface area contributed by atoms with E-state index < -0.39 is 5.60 Å². The van der Waals surface area contributed by atoms with Crippen LogP contribution in [0.5, 0.6) is 0 Å². The molecule has 17 heavy (non-hydrogen) atoms. The Labute approximate surface area is 104 Å². The van der Waals surface area contributed by atoms with Crippen LogP contribution in [-0.4, -0.2) is 24.1 Å². The van der Waals surface area contributed by atoms with Gasteiger partial charge in [0, 0.05) is 13.3 Å². The second-order valence-corrected chi connectivity index (χ2v) is 5.36. The number of rotatable bonds is 6. The van der Waals surface area contributed by atoms with Crippen LogP contribution in [0.25, 0.3) is 0 Å². The molecule has 0 heterocycles. The Bertz CT molecular complexity index is 253. The number of esters is 2. The third kappa shape index (κ3) is 11.2. The highest BCUT2D eigenvalue weighted by Crippen LogP contribution is 2.14. The zero-order chi connectivity index (χ0) is 13.5. The fraction of sp³-hybridized carbons (Fsp3) is 0.846. The van der Waals surface area contributed by atoms with E-state index in [1.165, 1.54) is 6.92 Å². The molecule has 0 saturated heterocycles. The van der Waals surface area contributed by atoms with Gasteiger partial charge in [-0.1, -0.05) is 6.92 Å². The van der Waals surface area contributed by atoms with Gasteiger partial charge in [0.15, 0.2) is 0 Å². The summed E-state index contributed by atoms with van der Waals surface area (Å²) in [6.45, 7) is 9.42. The zero-order valence-electron chi connectivity index (χ0n) is 11.5. The average Bonchev–Trinajstić information content (AvgIpc) is 2.11. The van der Waals surface area contributed by atoms with E-state index in [9.17, 15) is 9.59 Å². The molecule has 1 atom stereocenters. The van der Waals surface area contributed by atoms with Gasteiger partial charge >= 0.3 is 11.9 Å². The minimum Gasteiger partial charge on any atom is -0.466 e. The molecule has 0 aromatic rings. The molecule has 0 rings (SSSR count). The highest BCUT2D eigenvalue weighted by molar-refractivity contribution is 5.69. The first-order chi connectivity index (χ1) is 7.70. The van der Waals surface area contributed by atoms with E-state index in [-0.39, 0.29) is 11.9 Å². The summed E-state index contributed by atoms with van der Waals surface area (Å²) in [6, 6.07) is 0. The van der Waals surface area contributed by atoms with Crippen LogP contribution in [-0.2, 0) is 19.1 Å². The van der Waals surface area contributed by atoms with Crippen molar-refractivity contribution in [1.29, 1.82) is 0 Å². The number of carbonyl (C=O) groups is 2. The van der Waals surface area contributed by atoms with Gasteiger partial charge in [0.2, 0.25) is 0 Å². The lowest BCUT2D eigenvalue weighted by Gasteiger charge is -2.20. The molecular formula is C13H24O4. The van der Waals surface area contributed by atoms with E-state index in [4.69, 9.17) is 9.47 Å². The summed E-state index contributed by atoms with van der Waals surface area (Å²) >= 11 is 0. The van der Waals surface area contributed by atoms with Crippen molar-refractivity contribution in [3.8, 4) is 0 Å². The Hall–Kier alpha value is -1.06. The molecule has 0 amide bonds. The minimum atomic E-state index is -0.419. The predicted octanol–water partition coefficient (Wildman–Crippen LogP) is 2.70. The number of ether oxygens (including phenoxy) is 2. The number of hydrogen-bond donors (Lipinski definition) is 0. The molecule has 0 aliphatic carbocycles. The Morgan fingerprint density at radius 2 is 1.76 bits per heavy atom. The maximum absolute atomic E-state index is 11.4. The van der Waals surface area contributed by atoms with Crippen LogP contribution in [0.2, 0.25) is 0 Å². The van der Waals surface area contributed by atoms with E-state index >= 15 is 0 Å². The Balaban J connectivity index is 3.66. The quantitative estimate of drug-likeness (QED) is 0.674. The topological polar surface area (TPSA) is 52.6 Å². The van der Waals surface area contributed by atoms with Crippen molar-refractivity contribution >= 4 is 11.9 Å². The minimum absolute atomic E-state index is 0.170. The van der Waals surface area contributed by atoms with Crippen LogP contribution >= 0.6 is 0 Å². The Morgan fingerprint density at radius 3 is 2.24 bits per heavy atom. The van der Waals surface area contributed by atoms with Gasteiger partial charge in [0.25, 0.3) is 0 Å². The maximum Gasteiger partial charge on any atom is 0.306 e. The van der Waals surface area contributed by atoms with E-state index in [0.29, 0.717) is 18.9 Å². The van der Waals surface area contributed by atoms with Crippen molar-refractivity contribution in [1.82, 2.24) is 0 Å². The van der Waals surface area contributed by atoms with Crippen LogP contribution in [0.4, 0.5) is 0 Å². The Kier molecular flexibility index (Phi) is 6.85. The molecule has 0 radical (unpaired) electrons. The fourth-order valence-electron chi connectivity index (χ4n) is 1.30. The van der Waals surface area contributed by atoms with Crippen molar-refractivity contribution < 1.29 is 19.1 Å². The van der Waals surface area contributed by atoms with E-state index in [1.54, 1.807) is 0 Å². The summed E-state index contributed by atoms with van der Waals surface area (Å²) in [4.78, 5) is 22.0. The molecule has 100 valence electrons. The van der Waals surface area contributed by atoms with Gasteiger partial charge in [-0.25, -0.2) is 0 Å². The molecule has 0 aromatic carbocycles. The van der Waals surface area contributed by atoms with Gasteiger partial charge in [0.05, 0.1) is 6.61 Å². The molecule has 0 aliphatic rings. The van der Waals surface area contributed by atoms with Crippen LogP contribution in [0, 0.1) is 5.92 Å². The van der Waals surface area contributed by atoms with Gasteiger partial charge in [0.1, 0.15) is 5.60 Å². The molecule has 0 spiro atoms. The van der Waals surface area contributed by atoms with Crippen LogP contribution in [0.15, 0.2) is 0 Å². The van der Waals surface area contributed by atoms with Crippen molar-refractivity contribution in [3.05, 3.63) is 0 Å². The molecule has 1 unspecified atom stereocenters. The average molecular weight is 244 g/mol. The first kappa shape index (κ1) is 15.9. The van der Waals surface area contributed by atoms with Crippen molar-refractivity contribution in [2.24, 2.45) is 5.92 Å². The van der Waals surface area contributed by atoms with Gasteiger partial charge in [-0.2, -0.15) is 0 Å². The number of carbonyl (C=O) groups excluding carboxylic acids is 2. The summed E-state index contributed by atoms with van der Waals surface area (Å²) in [5, 5.41) is 0. The molecule has 0 fully saturated rings. The SMILES string of the molecule is CC(=O)OCCC(C)CCC(=O)OC(C)(C)C. The summed E-state index contributed by atoms with van der Waals surface area (Å²) in [6.07, 6.45) is 1.96. The number of hydrogen-bond acceptors (Lipinski definition) is 4. The lowest BCUT2D eigenvalue weighted by molar-refractivity contribution is -0.155. The molecule has 0 N–H and O–H groups in total. The molecule has 0 aliphatic heterocycles.